The smallest absolute Gasteiger partial charge is 0.326 e. The number of thioether (sulfide) groups is 2. The molecule has 47 heteroatoms. The SMILES string of the molecule is CC[C@H](C)[C@H](NC(=O)[C@@H](N)CCSC)C(=O)N[C@@H](CC(=O)O)C(=O)N[C@@H](CCC(=O)O)C(=O)N[C@@H](C)C(=O)N[C@@H](CC(C)C)C(=O)N[C@@H](Cc1ccccc1)C(=O)N[C@@H](CC(=O)O)C(=O)N[C@@H](C)C(=O)N[C@@H](CCC(=O)O)C(=O)N[C@@H](CCC(=O)O)C(=O)N[C@@H](CCCCN)C(=O)N[C@@H](CCSC)C(=O)N[C@@H](CCC(=O)O)C(=O)N[C@@H](CCCCN)C(=O)O. The monoisotopic (exact) mass is 1800 g/mol. The maximum absolute atomic E-state index is 14.5. The van der Waals surface area contributed by atoms with E-state index in [0.717, 1.165) is 13.8 Å². The Morgan fingerprint density at radius 1 is 0.331 bits per heavy atom. The van der Waals surface area contributed by atoms with E-state index in [9.17, 15) is 136 Å². The lowest BCUT2D eigenvalue weighted by atomic mass is 9.97. The number of nitrogens with one attached hydrogen (secondary N) is 14. The van der Waals surface area contributed by atoms with E-state index in [2.05, 4.69) is 74.4 Å². The molecule has 0 saturated carbocycles. The summed E-state index contributed by atoms with van der Waals surface area (Å²) in [6.07, 6.45) is -4.12. The van der Waals surface area contributed by atoms with Crippen LogP contribution in [0.4, 0.5) is 0 Å². The normalized spacial score (nSPS) is 14.9. The van der Waals surface area contributed by atoms with Gasteiger partial charge in [-0.15, -0.1) is 0 Å². The zero-order valence-corrected chi connectivity index (χ0v) is 72.3. The number of benzene rings is 1. The topological polar surface area (TPSA) is 747 Å². The number of rotatable bonds is 65. The first-order chi connectivity index (χ1) is 58.3. The highest BCUT2D eigenvalue weighted by Gasteiger charge is 2.40. The second-order valence-corrected chi connectivity index (χ2v) is 31.8. The largest absolute Gasteiger partial charge is 0.481 e. The van der Waals surface area contributed by atoms with Crippen molar-refractivity contribution in [1.82, 2.24) is 74.4 Å². The number of nitrogens with two attached hydrogens (primary N) is 3. The van der Waals surface area contributed by atoms with Crippen LogP contribution in [0.2, 0.25) is 0 Å². The van der Waals surface area contributed by atoms with E-state index in [1.54, 1.807) is 58.4 Å². The molecule has 0 unspecified atom stereocenters. The molecule has 0 heterocycles. The van der Waals surface area contributed by atoms with E-state index in [1.807, 2.05) is 0 Å². The molecule has 0 aliphatic rings. The number of carboxylic acids is 7. The van der Waals surface area contributed by atoms with Gasteiger partial charge in [-0.25, -0.2) is 4.79 Å². The molecule has 0 aliphatic carbocycles. The van der Waals surface area contributed by atoms with Crippen molar-refractivity contribution < 1.29 is 136 Å². The van der Waals surface area contributed by atoms with E-state index < -0.39 is 291 Å². The van der Waals surface area contributed by atoms with Crippen molar-refractivity contribution in [3.05, 3.63) is 35.9 Å². The van der Waals surface area contributed by atoms with Gasteiger partial charge < -0.3 is 127 Å². The van der Waals surface area contributed by atoms with Crippen LogP contribution in [0.3, 0.4) is 0 Å². The van der Waals surface area contributed by atoms with E-state index in [1.165, 1.54) is 35.7 Å². The first-order valence-corrected chi connectivity index (χ1v) is 43.1. The van der Waals surface area contributed by atoms with E-state index in [-0.39, 0.29) is 76.6 Å². The summed E-state index contributed by atoms with van der Waals surface area (Å²) in [6, 6.07) is -17.3. The molecule has 0 spiro atoms. The predicted molar refractivity (Wildman–Crippen MR) is 447 cm³/mol. The fraction of sp³-hybridized carbons (Fsp3) is 0.649. The Morgan fingerprint density at radius 3 is 1.01 bits per heavy atom. The van der Waals surface area contributed by atoms with Crippen LogP contribution in [-0.2, 0) is 107 Å². The minimum Gasteiger partial charge on any atom is -0.481 e. The van der Waals surface area contributed by atoms with E-state index in [4.69, 9.17) is 17.2 Å². The number of hydrogen-bond donors (Lipinski definition) is 24. The summed E-state index contributed by atoms with van der Waals surface area (Å²) in [6.45, 7) is 9.00. The summed E-state index contributed by atoms with van der Waals surface area (Å²) >= 11 is 2.64. The molecule has 124 heavy (non-hydrogen) atoms. The van der Waals surface area contributed by atoms with Crippen molar-refractivity contribution in [3.8, 4) is 0 Å². The van der Waals surface area contributed by atoms with E-state index in [0.29, 0.717) is 24.2 Å². The van der Waals surface area contributed by atoms with Crippen LogP contribution in [0, 0.1) is 11.8 Å². The molecule has 45 nitrogen and oxygen atoms in total. The van der Waals surface area contributed by atoms with Gasteiger partial charge in [-0.05, 0) is 152 Å². The Balaban J connectivity index is 3.68. The highest BCUT2D eigenvalue weighted by molar-refractivity contribution is 7.98. The van der Waals surface area contributed by atoms with Gasteiger partial charge in [-0.3, -0.25) is 95.9 Å². The fourth-order valence-corrected chi connectivity index (χ4v) is 12.8. The average Bonchev–Trinajstić information content (AvgIpc) is 0.854. The number of unbranched alkanes of at least 4 members (excludes halogenated alkanes) is 2. The summed E-state index contributed by atoms with van der Waals surface area (Å²) in [5.41, 5.74) is 17.7. The van der Waals surface area contributed by atoms with Crippen molar-refractivity contribution in [2.24, 2.45) is 29.0 Å². The van der Waals surface area contributed by atoms with Crippen molar-refractivity contribution >= 4 is 148 Å². The van der Waals surface area contributed by atoms with Gasteiger partial charge in [-0.1, -0.05) is 64.4 Å². The molecule has 27 N–H and O–H groups in total. The molecule has 16 atom stereocenters. The molecule has 0 fully saturated rings. The van der Waals surface area contributed by atoms with Gasteiger partial charge in [0.25, 0.3) is 0 Å². The van der Waals surface area contributed by atoms with Gasteiger partial charge >= 0.3 is 41.8 Å². The molecular formula is C77H123N17O28S2. The average molecular weight is 1800 g/mol. The van der Waals surface area contributed by atoms with Crippen molar-refractivity contribution in [1.29, 1.82) is 0 Å². The molecule has 0 radical (unpaired) electrons. The van der Waals surface area contributed by atoms with Crippen LogP contribution in [0.1, 0.15) is 176 Å². The summed E-state index contributed by atoms with van der Waals surface area (Å²) in [5.74, 6) is -26.9. The van der Waals surface area contributed by atoms with Gasteiger partial charge in [0, 0.05) is 32.1 Å². The van der Waals surface area contributed by atoms with Crippen LogP contribution >= 0.6 is 23.5 Å². The summed E-state index contributed by atoms with van der Waals surface area (Å²) < 4.78 is 0. The maximum Gasteiger partial charge on any atom is 0.326 e. The van der Waals surface area contributed by atoms with Gasteiger partial charge in [-0.2, -0.15) is 23.5 Å². The zero-order valence-electron chi connectivity index (χ0n) is 70.6. The standard InChI is InChI=1S/C77H123N17O28S2/c1-9-40(4)62(94-65(109)44(80)29-33-123-7)76(120)93-55(38-61(105)106)75(119)87-46(21-25-56(95)96)66(110)81-42(6)64(108)90-52(35-39(2)3)73(117)91-53(36-43-17-11-10-12-18-43)74(118)92-54(37-60(103)104)72(116)82-41(5)63(107)83-47(22-26-57(97)98)68(112)85-48(23-27-58(99)100)69(113)84-45(19-13-15-31-78)67(111)88-50(30-34-124-8)71(115)86-49(24-28-59(101)102)70(114)89-51(77(121)122)20-14-16-32-79/h10-12,17-18,39-42,44-55,62H,9,13-16,19-38,78-80H2,1-8H3,(H,81,110)(H,82,116)(H,83,107)(H,84,113)(H,85,112)(H,86,115)(H,87,119)(H,88,111)(H,89,114)(H,90,108)(H,91,117)(H,92,118)(H,93,120)(H,94,109)(H,95,96)(H,97,98)(H,99,100)(H,101,102)(H,103,104)(H,105,106)(H,121,122)/t40-,41-,42-,44-,45-,46-,47-,48-,49-,50-,51-,52-,53-,54-,55-,62-/m0/s1. The number of carbonyl (C=O) groups excluding carboxylic acids is 14. The molecule has 1 aromatic rings. The van der Waals surface area contributed by atoms with Crippen LogP contribution in [0.15, 0.2) is 30.3 Å². The van der Waals surface area contributed by atoms with Crippen LogP contribution < -0.4 is 91.6 Å². The van der Waals surface area contributed by atoms with Crippen molar-refractivity contribution in [2.75, 3.05) is 37.1 Å². The first-order valence-electron chi connectivity index (χ1n) is 40.3. The van der Waals surface area contributed by atoms with Crippen LogP contribution in [0.5, 0.6) is 0 Å². The van der Waals surface area contributed by atoms with Crippen molar-refractivity contribution in [3.63, 3.8) is 0 Å². The number of amides is 14. The minimum atomic E-state index is -2.10. The molecule has 1 aromatic carbocycles. The van der Waals surface area contributed by atoms with Gasteiger partial charge in [0.2, 0.25) is 82.7 Å². The summed E-state index contributed by atoms with van der Waals surface area (Å²) in [7, 11) is 0. The molecule has 0 bridgehead atoms. The molecular weight excluding hydrogens is 1680 g/mol. The third kappa shape index (κ3) is 44.6. The van der Waals surface area contributed by atoms with Crippen LogP contribution in [-0.4, -0.2) is 288 Å². The van der Waals surface area contributed by atoms with Crippen LogP contribution in [0.25, 0.3) is 0 Å². The lowest BCUT2D eigenvalue weighted by Gasteiger charge is -2.28. The van der Waals surface area contributed by atoms with Crippen molar-refractivity contribution in [2.45, 2.75) is 267 Å². The van der Waals surface area contributed by atoms with E-state index >= 15 is 0 Å². The molecule has 0 saturated heterocycles. The summed E-state index contributed by atoms with van der Waals surface area (Å²) in [4.78, 5) is 280. The van der Waals surface area contributed by atoms with Gasteiger partial charge in [0.15, 0.2) is 0 Å². The highest BCUT2D eigenvalue weighted by Crippen LogP contribution is 2.16. The number of aliphatic carboxylic acids is 7. The Labute approximate surface area is 724 Å². The zero-order chi connectivity index (χ0) is 94.0. The molecule has 1 rings (SSSR count). The maximum atomic E-state index is 14.5. The predicted octanol–water partition coefficient (Wildman–Crippen LogP) is -4.27. The highest BCUT2D eigenvalue weighted by atomic mass is 32.2. The lowest BCUT2D eigenvalue weighted by molar-refractivity contribution is -0.143. The Kier molecular flexibility index (Phi) is 53.1. The third-order valence-electron chi connectivity index (χ3n) is 19.1. The molecule has 0 aliphatic heterocycles. The fourth-order valence-electron chi connectivity index (χ4n) is 11.8. The lowest BCUT2D eigenvalue weighted by Crippen LogP contribution is -2.61. The number of carbonyl (C=O) groups is 21. The van der Waals surface area contributed by atoms with Gasteiger partial charge in [0.05, 0.1) is 18.9 Å². The second kappa shape index (κ2) is 59.5. The molecule has 14 amide bonds. The molecule has 696 valence electrons. The minimum absolute atomic E-state index is 0.0711. The summed E-state index contributed by atoms with van der Waals surface area (Å²) in [5, 5.41) is 101. The number of carboxylic acid groups (broad SMARTS) is 7. The number of hydrogen-bond acceptors (Lipinski definition) is 26. The first kappa shape index (κ1) is 111. The Hall–Kier alpha value is -11.3. The third-order valence-corrected chi connectivity index (χ3v) is 20.3. The Morgan fingerprint density at radius 2 is 0.637 bits per heavy atom. The molecule has 0 aromatic heterocycles. The second-order valence-electron chi connectivity index (χ2n) is 29.8. The van der Waals surface area contributed by atoms with Gasteiger partial charge in [0.1, 0.15) is 84.6 Å². The Bertz CT molecular complexity index is 3790. The quantitative estimate of drug-likeness (QED) is 0.0275.